The van der Waals surface area contributed by atoms with Gasteiger partial charge in [0.05, 0.1) is 0 Å². The zero-order valence-electron chi connectivity index (χ0n) is 3.89. The van der Waals surface area contributed by atoms with Crippen LogP contribution in [0.25, 0.3) is 0 Å². The van der Waals surface area contributed by atoms with E-state index >= 15 is 0 Å². The minimum absolute atomic E-state index is 0. The normalized spacial score (nSPS) is 4.17. The molecule has 0 amide bonds. The van der Waals surface area contributed by atoms with Crippen molar-refractivity contribution in [2.24, 2.45) is 0 Å². The second-order valence-corrected chi connectivity index (χ2v) is 1.36. The molecule has 0 aliphatic carbocycles. The van der Waals surface area contributed by atoms with Gasteiger partial charge in [-0.05, 0) is 6.26 Å². The van der Waals surface area contributed by atoms with Crippen molar-refractivity contribution in [1.82, 2.24) is 0 Å². The van der Waals surface area contributed by atoms with Crippen molar-refractivity contribution in [3.8, 4) is 0 Å². The van der Waals surface area contributed by atoms with Gasteiger partial charge in [-0.2, -0.15) is 0 Å². The van der Waals surface area contributed by atoms with Crippen LogP contribution < -0.4 is 0 Å². The first-order valence-electron chi connectivity index (χ1n) is 0.816. The Morgan fingerprint density at radius 2 is 1.83 bits per heavy atom. The number of hydrogen-bond acceptors (Lipinski definition) is 2. The van der Waals surface area contributed by atoms with Crippen molar-refractivity contribution in [1.29, 1.82) is 0 Å². The average Bonchev–Trinajstić information content (AvgIpc) is 1.37. The SMILES string of the molecule is CS[C-]=S.[CH3-].[Y]. The molecule has 0 rings (SSSR count). The van der Waals surface area contributed by atoms with E-state index in [0.717, 1.165) is 0 Å². The zero-order chi connectivity index (χ0) is 3.41. The van der Waals surface area contributed by atoms with Gasteiger partial charge >= 0.3 is 0 Å². The molecule has 0 aromatic rings. The first kappa shape index (κ1) is 15.6. The summed E-state index contributed by atoms with van der Waals surface area (Å²) in [6.45, 7) is 0. The van der Waals surface area contributed by atoms with Crippen LogP contribution in [0.3, 0.4) is 0 Å². The molecule has 0 aliphatic rings. The van der Waals surface area contributed by atoms with Crippen LogP contribution in [0.5, 0.6) is 0 Å². The summed E-state index contributed by atoms with van der Waals surface area (Å²) in [6, 6.07) is 0. The Labute approximate surface area is 74.3 Å². The molecule has 0 bridgehead atoms. The standard InChI is InChI=1S/C2H3S2.CH3.Y/c1-4-2-3;;/h1H3;1H3;/q2*-1;. The summed E-state index contributed by atoms with van der Waals surface area (Å²) in [6.07, 6.45) is 1.88. The third-order valence-corrected chi connectivity index (χ3v) is 0.750. The third kappa shape index (κ3) is 17.7. The third-order valence-electron chi connectivity index (χ3n) is 0.0833. The number of rotatable bonds is 1. The van der Waals surface area contributed by atoms with E-state index in [2.05, 4.69) is 16.9 Å². The van der Waals surface area contributed by atoms with E-state index in [1.54, 1.807) is 0 Å². The monoisotopic (exact) mass is 195 g/mol. The van der Waals surface area contributed by atoms with E-state index in [9.17, 15) is 0 Å². The smallest absolute Gasteiger partial charge is 0 e. The summed E-state index contributed by atoms with van der Waals surface area (Å²) in [5, 5.41) is 0. The Balaban J connectivity index is -0.0000000450. The number of thioether (sulfide) groups is 1. The van der Waals surface area contributed by atoms with Gasteiger partial charge in [0, 0.05) is 32.7 Å². The van der Waals surface area contributed by atoms with E-state index < -0.39 is 0 Å². The summed E-state index contributed by atoms with van der Waals surface area (Å²) in [7, 11) is 0. The van der Waals surface area contributed by atoms with Crippen LogP contribution in [0, 0.1) is 7.43 Å². The fourth-order valence-corrected chi connectivity index (χ4v) is 0. The Morgan fingerprint density at radius 3 is 1.83 bits per heavy atom. The number of thiocarbonyl (C=S) groups is 1. The largest absolute Gasteiger partial charge is 0.361 e. The van der Waals surface area contributed by atoms with E-state index in [1.807, 2.05) is 6.26 Å². The fourth-order valence-electron chi connectivity index (χ4n) is 0. The zero-order valence-corrected chi connectivity index (χ0v) is 8.37. The molecule has 0 unspecified atom stereocenters. The fraction of sp³-hybridized carbons (Fsp3) is 0.333. The van der Waals surface area contributed by atoms with Crippen molar-refractivity contribution < 1.29 is 32.7 Å². The summed E-state index contributed by atoms with van der Waals surface area (Å²) in [5.74, 6) is 0. The average molecular weight is 195 g/mol. The van der Waals surface area contributed by atoms with Crippen LogP contribution in [-0.2, 0) is 32.7 Å². The van der Waals surface area contributed by atoms with Gasteiger partial charge in [0.1, 0.15) is 0 Å². The summed E-state index contributed by atoms with van der Waals surface area (Å²) in [5.41, 5.74) is 0. The summed E-state index contributed by atoms with van der Waals surface area (Å²) >= 11 is 5.69. The second kappa shape index (κ2) is 16.0. The molecule has 1 radical (unpaired) electrons. The first-order valence-corrected chi connectivity index (χ1v) is 2.45. The Kier molecular flexibility index (Phi) is 41.8. The molecular weight excluding hydrogens is 189 g/mol. The van der Waals surface area contributed by atoms with Crippen molar-refractivity contribution in [2.45, 2.75) is 0 Å². The molecule has 0 nitrogen and oxygen atoms in total. The van der Waals surface area contributed by atoms with Crippen molar-refractivity contribution in [2.75, 3.05) is 6.26 Å². The predicted molar refractivity (Wildman–Crippen MR) is 32.5 cm³/mol. The van der Waals surface area contributed by atoms with Gasteiger partial charge in [0.2, 0.25) is 0 Å². The van der Waals surface area contributed by atoms with Crippen LogP contribution in [0.1, 0.15) is 0 Å². The molecule has 0 aromatic heterocycles. The minimum atomic E-state index is 0. The van der Waals surface area contributed by atoms with Gasteiger partial charge in [-0.3, -0.25) is 0 Å². The molecule has 0 fully saturated rings. The molecule has 0 heterocycles. The van der Waals surface area contributed by atoms with Crippen LogP contribution in [0.15, 0.2) is 0 Å². The van der Waals surface area contributed by atoms with E-state index in [0.29, 0.717) is 0 Å². The summed E-state index contributed by atoms with van der Waals surface area (Å²) in [4.78, 5) is 0. The van der Waals surface area contributed by atoms with E-state index in [1.165, 1.54) is 11.8 Å². The van der Waals surface area contributed by atoms with Gasteiger partial charge in [-0.15, -0.1) is 0 Å². The summed E-state index contributed by atoms with van der Waals surface area (Å²) < 4.78 is 2.43. The Bertz CT molecular complexity index is 22.8. The molecule has 3 heteroatoms. The first-order chi connectivity index (χ1) is 1.91. The molecule has 35 valence electrons. The van der Waals surface area contributed by atoms with Gasteiger partial charge < -0.3 is 36.1 Å². The second-order valence-electron chi connectivity index (χ2n) is 0.287. The van der Waals surface area contributed by atoms with E-state index in [4.69, 9.17) is 0 Å². The van der Waals surface area contributed by atoms with Gasteiger partial charge in [-0.25, -0.2) is 0 Å². The van der Waals surface area contributed by atoms with Gasteiger partial charge in [0.15, 0.2) is 0 Å². The van der Waals surface area contributed by atoms with Crippen LogP contribution in [-0.4, -0.2) is 11.0 Å². The van der Waals surface area contributed by atoms with Gasteiger partial charge in [-0.1, -0.05) is 0 Å². The van der Waals surface area contributed by atoms with Gasteiger partial charge in [0.25, 0.3) is 0 Å². The molecule has 0 atom stereocenters. The maximum atomic E-state index is 4.27. The molecule has 0 saturated carbocycles. The molecule has 0 saturated heterocycles. The van der Waals surface area contributed by atoms with Crippen molar-refractivity contribution in [3.05, 3.63) is 7.43 Å². The maximum Gasteiger partial charge on any atom is 0 e. The topological polar surface area (TPSA) is 0 Å². The Hall–Kier alpha value is 1.54. The minimum Gasteiger partial charge on any atom is -0.361 e. The van der Waals surface area contributed by atoms with E-state index in [-0.39, 0.29) is 40.1 Å². The molecular formula is C3H6S2Y-2. The van der Waals surface area contributed by atoms with Crippen molar-refractivity contribution >= 4 is 28.7 Å². The van der Waals surface area contributed by atoms with Crippen LogP contribution >= 0.6 is 24.0 Å². The Morgan fingerprint density at radius 1 is 1.67 bits per heavy atom. The van der Waals surface area contributed by atoms with Crippen LogP contribution in [0.2, 0.25) is 0 Å². The molecule has 0 spiro atoms. The molecule has 6 heavy (non-hydrogen) atoms. The van der Waals surface area contributed by atoms with Crippen molar-refractivity contribution in [3.63, 3.8) is 0 Å². The number of hydrogen-bond donors (Lipinski definition) is 0. The molecule has 0 aromatic carbocycles. The van der Waals surface area contributed by atoms with Crippen LogP contribution in [0.4, 0.5) is 0 Å². The quantitative estimate of drug-likeness (QED) is 0.460. The molecule has 0 N–H and O–H groups in total. The molecule has 0 aliphatic heterocycles. The predicted octanol–water partition coefficient (Wildman–Crippen LogP) is 1.63. The maximum absolute atomic E-state index is 4.27.